The van der Waals surface area contributed by atoms with E-state index in [1.807, 2.05) is 24.4 Å². The molecular weight excluding hydrogens is 451 g/mol. The molecule has 2 saturated carbocycles. The number of hydrogen-bond acceptors (Lipinski definition) is 5. The number of hydrogen-bond donors (Lipinski definition) is 1. The third kappa shape index (κ3) is 3.73. The summed E-state index contributed by atoms with van der Waals surface area (Å²) in [5.74, 6) is -0.0862. The number of halogens is 1. The molecule has 6 rings (SSSR count). The standard InChI is InChI=1S/C26H29FN4O4/c1-15(2)35-20-10-22-29-21(26-7-6-25(3,13-26)34-14-26)12-30(22)11-16(20)23(32)28-18-5-4-8-31(24(18)33)19-9-17(19)27/h4-5,8,10-12,15,17,19H,6-7,9,13-14H2,1-3H3,(H,28,32)/t17-,19+,25+,26+/m1/s1. The lowest BCUT2D eigenvalue weighted by molar-refractivity contribution is -0.00627. The van der Waals surface area contributed by atoms with E-state index in [0.717, 1.165) is 25.0 Å². The smallest absolute Gasteiger partial charge is 0.274 e. The number of anilines is 1. The number of nitrogens with zero attached hydrogens (tertiary/aromatic N) is 3. The summed E-state index contributed by atoms with van der Waals surface area (Å²) in [6.45, 7) is 6.58. The number of pyridine rings is 2. The number of amides is 1. The van der Waals surface area contributed by atoms with E-state index >= 15 is 0 Å². The second kappa shape index (κ2) is 7.65. The van der Waals surface area contributed by atoms with Crippen molar-refractivity contribution in [2.45, 2.75) is 75.8 Å². The SMILES string of the molecule is CC(C)Oc1cc2nc([C@@]34CC[C@@](C)(C3)OC4)cn2cc1C(=O)Nc1cccn([C@H]2C[C@H]2F)c1=O. The fourth-order valence-corrected chi connectivity index (χ4v) is 5.54. The number of imidazole rings is 1. The van der Waals surface area contributed by atoms with Crippen LogP contribution in [0, 0.1) is 0 Å². The van der Waals surface area contributed by atoms with Crippen LogP contribution in [-0.2, 0) is 10.2 Å². The second-order valence-corrected chi connectivity index (χ2v) is 10.7. The predicted octanol–water partition coefficient (Wildman–Crippen LogP) is 4.03. The highest BCUT2D eigenvalue weighted by atomic mass is 19.1. The molecule has 1 N–H and O–H groups in total. The molecule has 1 saturated heterocycles. The Morgan fingerprint density at radius 3 is 2.77 bits per heavy atom. The number of fused-ring (bicyclic) bond motifs is 3. The molecule has 3 fully saturated rings. The molecular formula is C26H29FN4O4. The van der Waals surface area contributed by atoms with E-state index in [1.54, 1.807) is 24.5 Å². The topological polar surface area (TPSA) is 86.9 Å². The molecule has 0 radical (unpaired) electrons. The number of rotatable bonds is 6. The Balaban J connectivity index is 1.35. The van der Waals surface area contributed by atoms with E-state index in [0.29, 0.717) is 24.4 Å². The molecule has 3 aliphatic rings. The fraction of sp³-hybridized carbons (Fsp3) is 0.500. The summed E-state index contributed by atoms with van der Waals surface area (Å²) >= 11 is 0. The van der Waals surface area contributed by atoms with Gasteiger partial charge in [-0.3, -0.25) is 9.59 Å². The first-order valence-electron chi connectivity index (χ1n) is 12.2. The lowest BCUT2D eigenvalue weighted by atomic mass is 9.84. The molecule has 4 heterocycles. The van der Waals surface area contributed by atoms with E-state index in [4.69, 9.17) is 14.5 Å². The molecule has 3 aromatic rings. The molecule has 35 heavy (non-hydrogen) atoms. The minimum Gasteiger partial charge on any atom is -0.490 e. The highest BCUT2D eigenvalue weighted by Gasteiger charge is 2.55. The minimum absolute atomic E-state index is 0.0853. The summed E-state index contributed by atoms with van der Waals surface area (Å²) < 4.78 is 28.7. The zero-order valence-electron chi connectivity index (χ0n) is 20.1. The third-order valence-electron chi connectivity index (χ3n) is 7.51. The number of alkyl halides is 1. The Morgan fingerprint density at radius 2 is 2.14 bits per heavy atom. The summed E-state index contributed by atoms with van der Waals surface area (Å²) in [4.78, 5) is 31.0. The van der Waals surface area contributed by atoms with Gasteiger partial charge in [-0.2, -0.15) is 0 Å². The Hall–Kier alpha value is -3.20. The molecule has 0 unspecified atom stereocenters. The molecule has 0 aromatic carbocycles. The number of carbonyl (C=O) groups is 1. The van der Waals surface area contributed by atoms with Crippen molar-refractivity contribution in [1.82, 2.24) is 14.0 Å². The largest absolute Gasteiger partial charge is 0.490 e. The van der Waals surface area contributed by atoms with Gasteiger partial charge in [0.2, 0.25) is 0 Å². The first kappa shape index (κ1) is 22.3. The normalized spacial score (nSPS) is 29.2. The van der Waals surface area contributed by atoms with Crippen LogP contribution in [0.1, 0.15) is 68.5 Å². The van der Waals surface area contributed by atoms with Crippen molar-refractivity contribution in [3.05, 3.63) is 58.4 Å². The zero-order valence-corrected chi connectivity index (χ0v) is 20.1. The molecule has 4 atom stereocenters. The van der Waals surface area contributed by atoms with Gasteiger partial charge in [-0.25, -0.2) is 9.37 Å². The highest BCUT2D eigenvalue weighted by molar-refractivity contribution is 6.06. The van der Waals surface area contributed by atoms with Crippen LogP contribution < -0.4 is 15.6 Å². The average molecular weight is 481 g/mol. The molecule has 184 valence electrons. The van der Waals surface area contributed by atoms with Crippen LogP contribution in [0.3, 0.4) is 0 Å². The van der Waals surface area contributed by atoms with Gasteiger partial charge in [0.1, 0.15) is 23.3 Å². The summed E-state index contributed by atoms with van der Waals surface area (Å²) in [7, 11) is 0. The van der Waals surface area contributed by atoms with Crippen molar-refractivity contribution in [1.29, 1.82) is 0 Å². The Morgan fingerprint density at radius 1 is 1.34 bits per heavy atom. The minimum atomic E-state index is -1.02. The molecule has 8 nitrogen and oxygen atoms in total. The lowest BCUT2D eigenvalue weighted by Gasteiger charge is -2.24. The number of carbonyl (C=O) groups excluding carboxylic acids is 1. The molecule has 1 amide bonds. The number of ether oxygens (including phenoxy) is 2. The van der Waals surface area contributed by atoms with Crippen molar-refractivity contribution >= 4 is 17.2 Å². The van der Waals surface area contributed by atoms with Gasteiger partial charge >= 0.3 is 0 Å². The van der Waals surface area contributed by atoms with E-state index in [-0.39, 0.29) is 28.4 Å². The monoisotopic (exact) mass is 480 g/mol. The highest BCUT2D eigenvalue weighted by Crippen LogP contribution is 2.53. The molecule has 9 heteroatoms. The van der Waals surface area contributed by atoms with Crippen molar-refractivity contribution in [2.75, 3.05) is 11.9 Å². The summed E-state index contributed by atoms with van der Waals surface area (Å²) in [6.07, 6.45) is 7.31. The van der Waals surface area contributed by atoms with Crippen LogP contribution in [0.5, 0.6) is 5.75 Å². The van der Waals surface area contributed by atoms with Crippen LogP contribution in [0.2, 0.25) is 0 Å². The third-order valence-corrected chi connectivity index (χ3v) is 7.51. The first-order valence-corrected chi connectivity index (χ1v) is 12.2. The Bertz CT molecular complexity index is 1390. The Kier molecular flexibility index (Phi) is 4.87. The zero-order chi connectivity index (χ0) is 24.5. The maximum absolute atomic E-state index is 13.5. The van der Waals surface area contributed by atoms with Gasteiger partial charge in [-0.1, -0.05) is 0 Å². The average Bonchev–Trinajstić information content (AvgIpc) is 3.12. The van der Waals surface area contributed by atoms with Crippen molar-refractivity contribution in [3.8, 4) is 5.75 Å². The molecule has 1 aliphatic heterocycles. The van der Waals surface area contributed by atoms with Crippen LogP contribution >= 0.6 is 0 Å². The van der Waals surface area contributed by atoms with Crippen LogP contribution in [0.4, 0.5) is 10.1 Å². The molecule has 2 aliphatic carbocycles. The van der Waals surface area contributed by atoms with Gasteiger partial charge in [0, 0.05) is 36.5 Å². The van der Waals surface area contributed by atoms with E-state index in [9.17, 15) is 14.0 Å². The quantitative estimate of drug-likeness (QED) is 0.576. The maximum Gasteiger partial charge on any atom is 0.274 e. The van der Waals surface area contributed by atoms with E-state index < -0.39 is 23.7 Å². The lowest BCUT2D eigenvalue weighted by Crippen LogP contribution is -2.26. The summed E-state index contributed by atoms with van der Waals surface area (Å²) in [5, 5.41) is 2.71. The van der Waals surface area contributed by atoms with Gasteiger partial charge in [0.05, 0.1) is 35.6 Å². The van der Waals surface area contributed by atoms with Crippen molar-refractivity contribution < 1.29 is 18.7 Å². The van der Waals surface area contributed by atoms with Crippen molar-refractivity contribution in [3.63, 3.8) is 0 Å². The van der Waals surface area contributed by atoms with Gasteiger partial charge in [0.15, 0.2) is 0 Å². The van der Waals surface area contributed by atoms with Gasteiger partial charge in [-0.05, 0) is 52.2 Å². The number of nitrogens with one attached hydrogen (secondary N) is 1. The number of aromatic nitrogens is 3. The van der Waals surface area contributed by atoms with Crippen molar-refractivity contribution in [2.24, 2.45) is 0 Å². The second-order valence-electron chi connectivity index (χ2n) is 10.7. The molecule has 0 spiro atoms. The van der Waals surface area contributed by atoms with Gasteiger partial charge in [0.25, 0.3) is 11.5 Å². The predicted molar refractivity (Wildman–Crippen MR) is 128 cm³/mol. The maximum atomic E-state index is 13.5. The summed E-state index contributed by atoms with van der Waals surface area (Å²) in [5.41, 5.74) is 1.43. The Labute approximate surface area is 202 Å². The van der Waals surface area contributed by atoms with Crippen LogP contribution in [-0.4, -0.2) is 44.3 Å². The van der Waals surface area contributed by atoms with Gasteiger partial charge in [-0.15, -0.1) is 0 Å². The molecule has 2 bridgehead atoms. The molecule has 3 aromatic heterocycles. The fourth-order valence-electron chi connectivity index (χ4n) is 5.54. The van der Waals surface area contributed by atoms with E-state index in [2.05, 4.69) is 12.2 Å². The van der Waals surface area contributed by atoms with Gasteiger partial charge < -0.3 is 23.8 Å². The van der Waals surface area contributed by atoms with Crippen LogP contribution in [0.15, 0.2) is 41.6 Å². The van der Waals surface area contributed by atoms with Crippen LogP contribution in [0.25, 0.3) is 5.65 Å². The summed E-state index contributed by atoms with van der Waals surface area (Å²) in [6, 6.07) is 4.47. The van der Waals surface area contributed by atoms with E-state index in [1.165, 1.54) is 10.6 Å². The first-order chi connectivity index (χ1) is 16.7.